The van der Waals surface area contributed by atoms with Crippen molar-refractivity contribution >= 4 is 23.6 Å². The Hall–Kier alpha value is -3.15. The van der Waals surface area contributed by atoms with E-state index >= 15 is 0 Å². The Kier molecular flexibility index (Phi) is 5.09. The van der Waals surface area contributed by atoms with Crippen molar-refractivity contribution < 1.29 is 9.18 Å². The molecule has 0 aliphatic heterocycles. The molecule has 0 radical (unpaired) electrons. The van der Waals surface area contributed by atoms with Gasteiger partial charge >= 0.3 is 0 Å². The summed E-state index contributed by atoms with van der Waals surface area (Å²) in [6.45, 7) is 4.16. The summed E-state index contributed by atoms with van der Waals surface area (Å²) < 4.78 is 13.6. The minimum atomic E-state index is -0.616. The third-order valence-corrected chi connectivity index (χ3v) is 3.28. The Bertz CT molecular complexity index is 771. The predicted molar refractivity (Wildman–Crippen MR) is 89.6 cm³/mol. The van der Waals surface area contributed by atoms with Crippen molar-refractivity contribution in [2.75, 3.05) is 0 Å². The zero-order valence-electron chi connectivity index (χ0n) is 12.4. The smallest absolute Gasteiger partial charge is 0.250 e. The van der Waals surface area contributed by atoms with Gasteiger partial charge in [-0.25, -0.2) is 9.38 Å². The van der Waals surface area contributed by atoms with E-state index in [4.69, 9.17) is 11.5 Å². The quantitative estimate of drug-likeness (QED) is 0.564. The maximum atomic E-state index is 13.6. The number of aliphatic imine (C=N–C) groups is 1. The number of amides is 1. The Morgan fingerprint density at radius 3 is 2.57 bits per heavy atom. The molecule has 0 unspecified atom stereocenters. The number of halogens is 1. The lowest BCUT2D eigenvalue weighted by molar-refractivity contribution is 0.100. The van der Waals surface area contributed by atoms with E-state index in [0.29, 0.717) is 22.5 Å². The summed E-state index contributed by atoms with van der Waals surface area (Å²) in [6, 6.07) is 11.4. The first-order valence-corrected chi connectivity index (χ1v) is 6.88. The number of rotatable bonds is 6. The minimum Gasteiger partial charge on any atom is -0.390 e. The molecule has 5 nitrogen and oxygen atoms in total. The molecule has 0 heterocycles. The van der Waals surface area contributed by atoms with Crippen molar-refractivity contribution in [3.05, 3.63) is 71.6 Å². The average molecular weight is 312 g/mol. The highest BCUT2D eigenvalue weighted by Gasteiger charge is 2.14. The summed E-state index contributed by atoms with van der Waals surface area (Å²) in [7, 11) is 0. The third kappa shape index (κ3) is 3.74. The van der Waals surface area contributed by atoms with Gasteiger partial charge in [-0.05, 0) is 12.1 Å². The second-order valence-corrected chi connectivity index (χ2v) is 4.77. The summed E-state index contributed by atoms with van der Waals surface area (Å²) in [4.78, 5) is 15.5. The molecule has 0 spiro atoms. The number of para-hydroxylation sites is 1. The van der Waals surface area contributed by atoms with Crippen LogP contribution in [0.3, 0.4) is 0 Å². The Balaban J connectivity index is 2.27. The van der Waals surface area contributed by atoms with Gasteiger partial charge < -0.3 is 16.8 Å². The molecule has 0 aromatic heterocycles. The fourth-order valence-electron chi connectivity index (χ4n) is 2.14. The van der Waals surface area contributed by atoms with E-state index in [1.54, 1.807) is 36.4 Å². The maximum Gasteiger partial charge on any atom is 0.250 e. The first-order chi connectivity index (χ1) is 11.0. The number of primary amides is 1. The summed E-state index contributed by atoms with van der Waals surface area (Å²) in [5.74, 6) is -0.923. The van der Waals surface area contributed by atoms with Crippen molar-refractivity contribution in [3.8, 4) is 0 Å². The fraction of sp³-hybridized carbons (Fsp3) is 0.0588. The molecule has 0 fully saturated rings. The van der Waals surface area contributed by atoms with E-state index in [0.717, 1.165) is 6.34 Å². The zero-order valence-corrected chi connectivity index (χ0v) is 12.4. The second kappa shape index (κ2) is 7.22. The van der Waals surface area contributed by atoms with Crippen LogP contribution >= 0.6 is 0 Å². The molecule has 6 heteroatoms. The number of nitrogens with zero attached hydrogens (tertiary/aromatic N) is 1. The molecule has 0 aliphatic carbocycles. The van der Waals surface area contributed by atoms with Gasteiger partial charge in [-0.15, -0.1) is 0 Å². The largest absolute Gasteiger partial charge is 0.390 e. The van der Waals surface area contributed by atoms with Crippen LogP contribution in [-0.4, -0.2) is 12.2 Å². The number of carbonyl (C=O) groups excluding carboxylic acids is 1. The number of hydrogen-bond acceptors (Lipinski definition) is 3. The molecule has 23 heavy (non-hydrogen) atoms. The maximum absolute atomic E-state index is 13.6. The van der Waals surface area contributed by atoms with Gasteiger partial charge in [-0.2, -0.15) is 0 Å². The van der Waals surface area contributed by atoms with Crippen molar-refractivity contribution in [1.82, 2.24) is 5.32 Å². The summed E-state index contributed by atoms with van der Waals surface area (Å²) in [5, 5.41) is 3.02. The standard InChI is InChI=1S/C17H17FN4O/c1-11(21-9-12-5-2-3-8-15(12)18)13-6-4-7-14(17(20)23)16(13)22-10-19/h2-8,10,21H,1,9H2,(H2,19,22)(H2,20,23). The number of benzene rings is 2. The summed E-state index contributed by atoms with van der Waals surface area (Å²) >= 11 is 0. The van der Waals surface area contributed by atoms with Crippen LogP contribution in [0.4, 0.5) is 10.1 Å². The molecule has 0 aliphatic rings. The van der Waals surface area contributed by atoms with Crippen molar-refractivity contribution in [3.63, 3.8) is 0 Å². The van der Waals surface area contributed by atoms with Crippen molar-refractivity contribution in [1.29, 1.82) is 0 Å². The van der Waals surface area contributed by atoms with Gasteiger partial charge in [0.25, 0.3) is 5.91 Å². The first kappa shape index (κ1) is 16.2. The van der Waals surface area contributed by atoms with Gasteiger partial charge in [-0.3, -0.25) is 4.79 Å². The zero-order chi connectivity index (χ0) is 16.8. The molecule has 0 saturated carbocycles. The lowest BCUT2D eigenvalue weighted by Gasteiger charge is -2.14. The highest BCUT2D eigenvalue weighted by atomic mass is 19.1. The molecule has 118 valence electrons. The second-order valence-electron chi connectivity index (χ2n) is 4.77. The minimum absolute atomic E-state index is 0.234. The van der Waals surface area contributed by atoms with Gasteiger partial charge in [0.15, 0.2) is 0 Å². The van der Waals surface area contributed by atoms with Gasteiger partial charge in [0, 0.05) is 23.4 Å². The number of nitrogens with two attached hydrogens (primary N) is 2. The molecule has 1 amide bonds. The van der Waals surface area contributed by atoms with Crippen molar-refractivity contribution in [2.45, 2.75) is 6.54 Å². The third-order valence-electron chi connectivity index (χ3n) is 3.28. The van der Waals surface area contributed by atoms with E-state index < -0.39 is 5.91 Å². The van der Waals surface area contributed by atoms with Crippen LogP contribution in [0.2, 0.25) is 0 Å². The molecule has 2 aromatic carbocycles. The Labute approximate surface area is 133 Å². The van der Waals surface area contributed by atoms with E-state index in [2.05, 4.69) is 16.9 Å². The highest BCUT2D eigenvalue weighted by Crippen LogP contribution is 2.28. The molecular weight excluding hydrogens is 295 g/mol. The van der Waals surface area contributed by atoms with Crippen LogP contribution in [0.5, 0.6) is 0 Å². The molecule has 2 aromatic rings. The topological polar surface area (TPSA) is 93.5 Å². The summed E-state index contributed by atoms with van der Waals surface area (Å²) in [6.07, 6.45) is 1.08. The SMILES string of the molecule is C=C(NCc1ccccc1F)c1cccc(C(N)=O)c1/N=C\N. The van der Waals surface area contributed by atoms with Crippen LogP contribution in [-0.2, 0) is 6.54 Å². The molecule has 0 bridgehead atoms. The van der Waals surface area contributed by atoms with Crippen LogP contribution in [0.25, 0.3) is 5.70 Å². The Morgan fingerprint density at radius 2 is 1.91 bits per heavy atom. The van der Waals surface area contributed by atoms with Crippen LogP contribution in [0.1, 0.15) is 21.5 Å². The lowest BCUT2D eigenvalue weighted by atomic mass is 10.0. The van der Waals surface area contributed by atoms with Crippen LogP contribution < -0.4 is 16.8 Å². The molecule has 0 atom stereocenters. The van der Waals surface area contributed by atoms with Crippen molar-refractivity contribution in [2.24, 2.45) is 16.5 Å². The average Bonchev–Trinajstić information content (AvgIpc) is 2.54. The number of nitrogens with one attached hydrogen (secondary N) is 1. The highest BCUT2D eigenvalue weighted by molar-refractivity contribution is 6.00. The van der Waals surface area contributed by atoms with Gasteiger partial charge in [-0.1, -0.05) is 36.9 Å². The van der Waals surface area contributed by atoms with E-state index in [9.17, 15) is 9.18 Å². The van der Waals surface area contributed by atoms with Crippen LogP contribution in [0, 0.1) is 5.82 Å². The first-order valence-electron chi connectivity index (χ1n) is 6.88. The molecule has 0 saturated heterocycles. The summed E-state index contributed by atoms with van der Waals surface area (Å²) in [5.41, 5.74) is 12.8. The van der Waals surface area contributed by atoms with E-state index in [1.165, 1.54) is 6.07 Å². The lowest BCUT2D eigenvalue weighted by Crippen LogP contribution is -2.15. The van der Waals surface area contributed by atoms with Crippen LogP contribution in [0.15, 0.2) is 54.0 Å². The van der Waals surface area contributed by atoms with Gasteiger partial charge in [0.2, 0.25) is 0 Å². The van der Waals surface area contributed by atoms with Gasteiger partial charge in [0.05, 0.1) is 17.6 Å². The number of carbonyl (C=O) groups is 1. The monoisotopic (exact) mass is 312 g/mol. The normalized spacial score (nSPS) is 10.7. The number of hydrogen-bond donors (Lipinski definition) is 3. The Morgan fingerprint density at radius 1 is 1.22 bits per heavy atom. The molecule has 2 rings (SSSR count). The van der Waals surface area contributed by atoms with Gasteiger partial charge in [0.1, 0.15) is 5.82 Å². The predicted octanol–water partition coefficient (Wildman–Crippen LogP) is 2.30. The van der Waals surface area contributed by atoms with E-state index in [-0.39, 0.29) is 17.9 Å². The van der Waals surface area contributed by atoms with E-state index in [1.807, 2.05) is 0 Å². The molecule has 5 N–H and O–H groups in total. The molecular formula is C17H17FN4O. The fourth-order valence-corrected chi connectivity index (χ4v) is 2.14.